The summed E-state index contributed by atoms with van der Waals surface area (Å²) >= 11 is 0. The molecular weight excluding hydrogens is 198 g/mol. The summed E-state index contributed by atoms with van der Waals surface area (Å²) in [6, 6.07) is 5.47. The van der Waals surface area contributed by atoms with Gasteiger partial charge in [0.05, 0.1) is 11.7 Å². The van der Waals surface area contributed by atoms with Gasteiger partial charge in [-0.3, -0.25) is 0 Å². The number of hydrogen-bond donors (Lipinski definition) is 1. The van der Waals surface area contributed by atoms with Crippen LogP contribution in [0.1, 0.15) is 6.92 Å². The number of benzene rings is 1. The maximum Gasteiger partial charge on any atom is 0.140 e. The van der Waals surface area contributed by atoms with E-state index >= 15 is 0 Å². The normalized spacial score (nSPS) is 13.2. The molecule has 0 fully saturated rings. The second-order valence-corrected chi connectivity index (χ2v) is 4.51. The van der Waals surface area contributed by atoms with Gasteiger partial charge in [0.25, 0.3) is 0 Å². The largest absolute Gasteiger partial charge is 0.399 e. The van der Waals surface area contributed by atoms with E-state index in [2.05, 4.69) is 5.10 Å². The van der Waals surface area contributed by atoms with Gasteiger partial charge in [-0.15, -0.1) is 0 Å². The Morgan fingerprint density at radius 3 is 3.07 bits per heavy atom. The summed E-state index contributed by atoms with van der Waals surface area (Å²) in [5, 5.41) is 5.03. The maximum atomic E-state index is 11.6. The number of anilines is 1. The van der Waals surface area contributed by atoms with E-state index in [9.17, 15) is 4.21 Å². The maximum absolute atomic E-state index is 11.6. The molecule has 0 aliphatic rings. The van der Waals surface area contributed by atoms with Crippen molar-refractivity contribution < 1.29 is 4.21 Å². The van der Waals surface area contributed by atoms with Crippen molar-refractivity contribution in [3.63, 3.8) is 0 Å². The van der Waals surface area contributed by atoms with Gasteiger partial charge in [-0.05, 0) is 18.2 Å². The fourth-order valence-electron chi connectivity index (χ4n) is 1.30. The molecule has 14 heavy (non-hydrogen) atoms. The minimum atomic E-state index is -1.09. The number of aromatic nitrogens is 2. The van der Waals surface area contributed by atoms with Crippen LogP contribution in [0.2, 0.25) is 0 Å². The van der Waals surface area contributed by atoms with E-state index in [0.29, 0.717) is 11.4 Å². The van der Waals surface area contributed by atoms with Crippen LogP contribution < -0.4 is 5.73 Å². The first-order chi connectivity index (χ1) is 6.72. The highest BCUT2D eigenvalue weighted by Gasteiger charge is 2.06. The number of nitrogens with zero attached hydrogens (tertiary/aromatic N) is 2. The van der Waals surface area contributed by atoms with Crippen LogP contribution in [-0.4, -0.2) is 19.1 Å². The van der Waals surface area contributed by atoms with Crippen molar-refractivity contribution in [3.05, 3.63) is 24.4 Å². The third kappa shape index (κ3) is 1.39. The zero-order chi connectivity index (χ0) is 10.1. The van der Waals surface area contributed by atoms with Crippen LogP contribution >= 0.6 is 0 Å². The molecule has 0 spiro atoms. The summed E-state index contributed by atoms with van der Waals surface area (Å²) < 4.78 is 13.1. The third-order valence-corrected chi connectivity index (χ3v) is 3.17. The zero-order valence-corrected chi connectivity index (χ0v) is 8.62. The van der Waals surface area contributed by atoms with E-state index in [-0.39, 0.29) is 0 Å². The summed E-state index contributed by atoms with van der Waals surface area (Å²) in [4.78, 5) is 0. The molecule has 1 aromatic carbocycles. The first-order valence-corrected chi connectivity index (χ1v) is 5.62. The fourth-order valence-corrected chi connectivity index (χ4v) is 2.07. The van der Waals surface area contributed by atoms with Crippen LogP contribution in [0.25, 0.3) is 10.9 Å². The lowest BCUT2D eigenvalue weighted by atomic mass is 10.2. The average molecular weight is 209 g/mol. The quantitative estimate of drug-likeness (QED) is 0.755. The molecule has 0 saturated carbocycles. The van der Waals surface area contributed by atoms with Gasteiger partial charge >= 0.3 is 0 Å². The monoisotopic (exact) mass is 209 g/mol. The number of nitrogens with two attached hydrogens (primary N) is 1. The Morgan fingerprint density at radius 2 is 2.36 bits per heavy atom. The number of hydrogen-bond acceptors (Lipinski definition) is 3. The minimum absolute atomic E-state index is 0.547. The van der Waals surface area contributed by atoms with E-state index < -0.39 is 11.0 Å². The third-order valence-electron chi connectivity index (χ3n) is 2.00. The van der Waals surface area contributed by atoms with Gasteiger partial charge in [0.1, 0.15) is 11.0 Å². The summed E-state index contributed by atoms with van der Waals surface area (Å²) in [6.07, 6.45) is 1.70. The molecule has 4 nitrogen and oxygen atoms in total. The molecule has 1 unspecified atom stereocenters. The highest BCUT2D eigenvalue weighted by atomic mass is 32.2. The van der Waals surface area contributed by atoms with E-state index in [4.69, 9.17) is 5.73 Å². The molecule has 0 aliphatic carbocycles. The molecule has 0 aliphatic heterocycles. The summed E-state index contributed by atoms with van der Waals surface area (Å²) in [7, 11) is -1.09. The predicted octanol–water partition coefficient (Wildman–Crippen LogP) is 1.15. The van der Waals surface area contributed by atoms with Crippen molar-refractivity contribution in [1.82, 2.24) is 9.19 Å². The second-order valence-electron chi connectivity index (χ2n) is 2.95. The first kappa shape index (κ1) is 9.21. The van der Waals surface area contributed by atoms with Crippen molar-refractivity contribution in [3.8, 4) is 0 Å². The molecule has 1 heterocycles. The van der Waals surface area contributed by atoms with Gasteiger partial charge in [0.2, 0.25) is 0 Å². The first-order valence-electron chi connectivity index (χ1n) is 4.34. The molecule has 74 valence electrons. The van der Waals surface area contributed by atoms with E-state index in [1.54, 1.807) is 12.3 Å². The van der Waals surface area contributed by atoms with Crippen molar-refractivity contribution in [2.24, 2.45) is 0 Å². The van der Waals surface area contributed by atoms with E-state index in [1.807, 2.05) is 19.1 Å². The van der Waals surface area contributed by atoms with Gasteiger partial charge in [-0.1, -0.05) is 6.92 Å². The zero-order valence-electron chi connectivity index (χ0n) is 7.80. The van der Waals surface area contributed by atoms with Crippen molar-refractivity contribution in [2.75, 3.05) is 11.5 Å². The van der Waals surface area contributed by atoms with E-state index in [0.717, 1.165) is 10.9 Å². The SMILES string of the molecule is CCS(=O)n1ncc2ccc(N)cc21. The van der Waals surface area contributed by atoms with Gasteiger partial charge in [-0.2, -0.15) is 9.19 Å². The van der Waals surface area contributed by atoms with Crippen LogP contribution in [0, 0.1) is 0 Å². The molecule has 0 radical (unpaired) electrons. The van der Waals surface area contributed by atoms with Gasteiger partial charge < -0.3 is 5.73 Å². The smallest absolute Gasteiger partial charge is 0.140 e. The Kier molecular flexibility index (Phi) is 2.25. The van der Waals surface area contributed by atoms with Crippen molar-refractivity contribution in [2.45, 2.75) is 6.92 Å². The highest BCUT2D eigenvalue weighted by Crippen LogP contribution is 2.17. The van der Waals surface area contributed by atoms with Gasteiger partial charge in [0.15, 0.2) is 0 Å². The van der Waals surface area contributed by atoms with Crippen LogP contribution in [0.3, 0.4) is 0 Å². The fraction of sp³-hybridized carbons (Fsp3) is 0.222. The molecule has 2 rings (SSSR count). The molecule has 1 aromatic heterocycles. The summed E-state index contributed by atoms with van der Waals surface area (Å²) in [6.45, 7) is 1.86. The van der Waals surface area contributed by atoms with Crippen LogP contribution in [0.15, 0.2) is 24.4 Å². The molecule has 0 bridgehead atoms. The molecule has 1 atom stereocenters. The van der Waals surface area contributed by atoms with Crippen LogP contribution in [0.4, 0.5) is 5.69 Å². The molecule has 2 N–H and O–H groups in total. The Bertz CT molecular complexity index is 492. The lowest BCUT2D eigenvalue weighted by Gasteiger charge is -2.00. The standard InChI is InChI=1S/C9H11N3OS/c1-2-14(13)12-9-5-8(10)4-3-7(9)6-11-12/h3-6H,2,10H2,1H3. The van der Waals surface area contributed by atoms with E-state index in [1.165, 1.54) is 4.09 Å². The van der Waals surface area contributed by atoms with Gasteiger partial charge in [0, 0.05) is 16.8 Å². The Labute approximate surface area is 84.3 Å². The number of fused-ring (bicyclic) bond motifs is 1. The second kappa shape index (κ2) is 3.42. The highest BCUT2D eigenvalue weighted by molar-refractivity contribution is 7.83. The molecule has 0 amide bonds. The summed E-state index contributed by atoms with van der Waals surface area (Å²) in [5.41, 5.74) is 7.14. The summed E-state index contributed by atoms with van der Waals surface area (Å²) in [5.74, 6) is 0.547. The molecule has 0 saturated heterocycles. The Hall–Kier alpha value is -1.36. The van der Waals surface area contributed by atoms with Gasteiger partial charge in [-0.25, -0.2) is 4.21 Å². The van der Waals surface area contributed by atoms with Crippen molar-refractivity contribution >= 4 is 27.6 Å². The van der Waals surface area contributed by atoms with Crippen LogP contribution in [0.5, 0.6) is 0 Å². The molecule has 2 aromatic rings. The Morgan fingerprint density at radius 1 is 1.57 bits per heavy atom. The lowest BCUT2D eigenvalue weighted by molar-refractivity contribution is 0.674. The predicted molar refractivity (Wildman–Crippen MR) is 58.2 cm³/mol. The lowest BCUT2D eigenvalue weighted by Crippen LogP contribution is -2.07. The topological polar surface area (TPSA) is 60.9 Å². The molecule has 5 heteroatoms. The van der Waals surface area contributed by atoms with Crippen molar-refractivity contribution in [1.29, 1.82) is 0 Å². The number of rotatable bonds is 2. The Balaban J connectivity index is 2.67. The minimum Gasteiger partial charge on any atom is -0.399 e. The van der Waals surface area contributed by atoms with Crippen LogP contribution in [-0.2, 0) is 11.0 Å². The molecular formula is C9H11N3OS. The average Bonchev–Trinajstić information content (AvgIpc) is 2.59. The number of nitrogen functional groups attached to an aromatic ring is 1.